The lowest BCUT2D eigenvalue weighted by Crippen LogP contribution is -2.02. The van der Waals surface area contributed by atoms with Gasteiger partial charge in [0.05, 0.1) is 17.9 Å². The van der Waals surface area contributed by atoms with Crippen LogP contribution in [0, 0.1) is 0 Å². The molecule has 0 unspecified atom stereocenters. The molecule has 0 aliphatic heterocycles. The SMILES string of the molecule is CCOc1nc2nn(C)cc2cc1-c1nc(Br)c(C2CC2)n1C. The molecular weight excluding hydrogens is 358 g/mol. The van der Waals surface area contributed by atoms with Gasteiger partial charge < -0.3 is 9.30 Å². The van der Waals surface area contributed by atoms with Crippen molar-refractivity contribution in [2.75, 3.05) is 6.61 Å². The van der Waals surface area contributed by atoms with Gasteiger partial charge in [0.2, 0.25) is 5.88 Å². The van der Waals surface area contributed by atoms with Crippen molar-refractivity contribution in [3.05, 3.63) is 22.6 Å². The van der Waals surface area contributed by atoms with E-state index in [4.69, 9.17) is 9.72 Å². The molecule has 1 fully saturated rings. The minimum absolute atomic E-state index is 0.555. The fourth-order valence-corrected chi connectivity index (χ4v) is 3.74. The largest absolute Gasteiger partial charge is 0.477 e. The summed E-state index contributed by atoms with van der Waals surface area (Å²) < 4.78 is 10.6. The first-order valence-corrected chi connectivity index (χ1v) is 8.57. The molecule has 4 rings (SSSR count). The fourth-order valence-electron chi connectivity index (χ4n) is 2.98. The Balaban J connectivity index is 1.93. The van der Waals surface area contributed by atoms with Crippen LogP contribution in [0.4, 0.5) is 0 Å². The highest BCUT2D eigenvalue weighted by Crippen LogP contribution is 2.45. The van der Waals surface area contributed by atoms with Gasteiger partial charge in [-0.05, 0) is 41.8 Å². The summed E-state index contributed by atoms with van der Waals surface area (Å²) in [6.45, 7) is 2.51. The van der Waals surface area contributed by atoms with Crippen LogP contribution >= 0.6 is 15.9 Å². The second-order valence-corrected chi connectivity index (χ2v) is 6.69. The number of imidazole rings is 1. The predicted molar refractivity (Wildman–Crippen MR) is 91.6 cm³/mol. The molecule has 0 amide bonds. The van der Waals surface area contributed by atoms with Crippen molar-refractivity contribution < 1.29 is 4.74 Å². The molecule has 7 heteroatoms. The summed E-state index contributed by atoms with van der Waals surface area (Å²) >= 11 is 3.61. The molecule has 6 nitrogen and oxygen atoms in total. The van der Waals surface area contributed by atoms with Gasteiger partial charge in [-0.3, -0.25) is 4.68 Å². The van der Waals surface area contributed by atoms with Gasteiger partial charge in [-0.15, -0.1) is 0 Å². The molecular formula is C16H18BrN5O. The lowest BCUT2D eigenvalue weighted by molar-refractivity contribution is 0.329. The highest BCUT2D eigenvalue weighted by atomic mass is 79.9. The third-order valence-electron chi connectivity index (χ3n) is 4.15. The summed E-state index contributed by atoms with van der Waals surface area (Å²) in [6.07, 6.45) is 4.42. The molecule has 0 aromatic carbocycles. The Morgan fingerprint density at radius 1 is 1.30 bits per heavy atom. The highest BCUT2D eigenvalue weighted by molar-refractivity contribution is 9.10. The van der Waals surface area contributed by atoms with E-state index in [1.54, 1.807) is 4.68 Å². The van der Waals surface area contributed by atoms with E-state index in [0.29, 0.717) is 24.1 Å². The molecule has 0 atom stereocenters. The van der Waals surface area contributed by atoms with E-state index >= 15 is 0 Å². The number of pyridine rings is 1. The van der Waals surface area contributed by atoms with Crippen molar-refractivity contribution in [2.45, 2.75) is 25.7 Å². The Morgan fingerprint density at radius 2 is 2.09 bits per heavy atom. The molecule has 3 aromatic rings. The van der Waals surface area contributed by atoms with E-state index < -0.39 is 0 Å². The maximum absolute atomic E-state index is 5.76. The molecule has 3 aromatic heterocycles. The smallest absolute Gasteiger partial charge is 0.226 e. The van der Waals surface area contributed by atoms with E-state index in [1.807, 2.05) is 20.2 Å². The van der Waals surface area contributed by atoms with Crippen LogP contribution in [0.25, 0.3) is 22.4 Å². The first-order valence-electron chi connectivity index (χ1n) is 7.78. The number of ether oxygens (including phenoxy) is 1. The van der Waals surface area contributed by atoms with Crippen LogP contribution in [0.3, 0.4) is 0 Å². The zero-order valence-corrected chi connectivity index (χ0v) is 15.0. The summed E-state index contributed by atoms with van der Waals surface area (Å²) in [7, 11) is 3.95. The summed E-state index contributed by atoms with van der Waals surface area (Å²) in [5, 5.41) is 5.35. The molecule has 1 aliphatic rings. The lowest BCUT2D eigenvalue weighted by atomic mass is 10.2. The minimum Gasteiger partial charge on any atom is -0.477 e. The number of hydrogen-bond acceptors (Lipinski definition) is 4. The Kier molecular flexibility index (Phi) is 3.41. The first-order chi connectivity index (χ1) is 11.1. The summed E-state index contributed by atoms with van der Waals surface area (Å²) in [5.74, 6) is 2.07. The Morgan fingerprint density at radius 3 is 2.78 bits per heavy atom. The van der Waals surface area contributed by atoms with Gasteiger partial charge >= 0.3 is 0 Å². The molecule has 1 aliphatic carbocycles. The van der Waals surface area contributed by atoms with Gasteiger partial charge in [0.15, 0.2) is 5.65 Å². The molecule has 0 spiro atoms. The van der Waals surface area contributed by atoms with Crippen molar-refractivity contribution >= 4 is 27.0 Å². The maximum atomic E-state index is 5.76. The third kappa shape index (κ3) is 2.43. The number of aryl methyl sites for hydroxylation is 1. The van der Waals surface area contributed by atoms with Crippen LogP contribution in [-0.4, -0.2) is 30.9 Å². The molecule has 0 N–H and O–H groups in total. The Bertz CT molecular complexity index is 894. The molecule has 0 bridgehead atoms. The van der Waals surface area contributed by atoms with Gasteiger partial charge in [-0.25, -0.2) is 4.98 Å². The Hall–Kier alpha value is -1.89. The topological polar surface area (TPSA) is 57.8 Å². The number of halogens is 1. The fraction of sp³-hybridized carbons (Fsp3) is 0.438. The number of fused-ring (bicyclic) bond motifs is 1. The summed E-state index contributed by atoms with van der Waals surface area (Å²) in [5.41, 5.74) is 2.85. The van der Waals surface area contributed by atoms with Gasteiger partial charge in [0.25, 0.3) is 0 Å². The standard InChI is InChI=1S/C16H18BrN5O/c1-4-23-16-11(7-10-8-21(2)20-14(10)19-16)15-18-13(17)12(22(15)3)9-5-6-9/h7-9H,4-6H2,1-3H3. The monoisotopic (exact) mass is 375 g/mol. The predicted octanol–water partition coefficient (Wildman–Crippen LogP) is 3.41. The highest BCUT2D eigenvalue weighted by Gasteiger charge is 2.31. The average Bonchev–Trinajstić information content (AvgIpc) is 3.19. The molecule has 0 saturated heterocycles. The Labute approximate surface area is 142 Å². The van der Waals surface area contributed by atoms with Gasteiger partial charge in [0.1, 0.15) is 10.4 Å². The van der Waals surface area contributed by atoms with Crippen LogP contribution in [0.15, 0.2) is 16.9 Å². The number of aromatic nitrogens is 5. The van der Waals surface area contributed by atoms with E-state index in [-0.39, 0.29) is 0 Å². The van der Waals surface area contributed by atoms with E-state index in [0.717, 1.165) is 21.4 Å². The van der Waals surface area contributed by atoms with Crippen LogP contribution < -0.4 is 4.74 Å². The van der Waals surface area contributed by atoms with Gasteiger partial charge in [0, 0.05) is 31.6 Å². The van der Waals surface area contributed by atoms with Crippen LogP contribution in [-0.2, 0) is 14.1 Å². The molecule has 120 valence electrons. The molecule has 1 saturated carbocycles. The van der Waals surface area contributed by atoms with Crippen LogP contribution in [0.1, 0.15) is 31.4 Å². The zero-order valence-electron chi connectivity index (χ0n) is 13.4. The van der Waals surface area contributed by atoms with Crippen molar-refractivity contribution in [3.63, 3.8) is 0 Å². The van der Waals surface area contributed by atoms with E-state index in [1.165, 1.54) is 18.5 Å². The quantitative estimate of drug-likeness (QED) is 0.700. The normalized spacial score (nSPS) is 14.6. The van der Waals surface area contributed by atoms with Crippen molar-refractivity contribution in [1.82, 2.24) is 24.3 Å². The van der Waals surface area contributed by atoms with Crippen molar-refractivity contribution in [2.24, 2.45) is 14.1 Å². The summed E-state index contributed by atoms with van der Waals surface area (Å²) in [6, 6.07) is 2.06. The zero-order chi connectivity index (χ0) is 16.1. The number of hydrogen-bond donors (Lipinski definition) is 0. The third-order valence-corrected chi connectivity index (χ3v) is 4.74. The molecule has 0 radical (unpaired) electrons. The summed E-state index contributed by atoms with van der Waals surface area (Å²) in [4.78, 5) is 9.31. The van der Waals surface area contributed by atoms with Crippen LogP contribution in [0.5, 0.6) is 5.88 Å². The van der Waals surface area contributed by atoms with Crippen molar-refractivity contribution in [3.8, 4) is 17.3 Å². The maximum Gasteiger partial charge on any atom is 0.226 e. The number of nitrogens with zero attached hydrogens (tertiary/aromatic N) is 5. The number of rotatable bonds is 4. The van der Waals surface area contributed by atoms with E-state index in [9.17, 15) is 0 Å². The second-order valence-electron chi connectivity index (χ2n) is 5.93. The minimum atomic E-state index is 0.555. The van der Waals surface area contributed by atoms with Gasteiger partial charge in [-0.1, -0.05) is 0 Å². The molecule has 23 heavy (non-hydrogen) atoms. The second kappa shape index (κ2) is 5.33. The first kappa shape index (κ1) is 14.7. The van der Waals surface area contributed by atoms with Crippen LogP contribution in [0.2, 0.25) is 0 Å². The van der Waals surface area contributed by atoms with E-state index in [2.05, 4.69) is 43.7 Å². The molecule has 3 heterocycles. The van der Waals surface area contributed by atoms with Gasteiger partial charge in [-0.2, -0.15) is 10.1 Å². The lowest BCUT2D eigenvalue weighted by Gasteiger charge is -2.10. The average molecular weight is 376 g/mol. The van der Waals surface area contributed by atoms with Crippen molar-refractivity contribution in [1.29, 1.82) is 0 Å².